The maximum absolute atomic E-state index is 12.2. The van der Waals surface area contributed by atoms with Crippen LogP contribution in [-0.2, 0) is 17.7 Å². The number of rotatable bonds is 2. The second-order valence-corrected chi connectivity index (χ2v) is 7.14. The van der Waals surface area contributed by atoms with Gasteiger partial charge >= 0.3 is 6.09 Å². The third kappa shape index (κ3) is 2.93. The summed E-state index contributed by atoms with van der Waals surface area (Å²) < 4.78 is 7.41. The van der Waals surface area contributed by atoms with Crippen molar-refractivity contribution in [3.05, 3.63) is 63.8 Å². The number of fused-ring (bicyclic) bond motifs is 3. The molecule has 6 heteroatoms. The van der Waals surface area contributed by atoms with Gasteiger partial charge in [0.05, 0.1) is 18.7 Å². The van der Waals surface area contributed by atoms with E-state index < -0.39 is 0 Å². The third-order valence-corrected chi connectivity index (χ3v) is 5.21. The molecule has 0 spiro atoms. The van der Waals surface area contributed by atoms with Gasteiger partial charge in [-0.25, -0.2) is 4.79 Å². The summed E-state index contributed by atoms with van der Waals surface area (Å²) in [6.07, 6.45) is 0.482. The molecule has 0 saturated carbocycles. The van der Waals surface area contributed by atoms with Crippen LogP contribution in [0.1, 0.15) is 18.2 Å². The lowest BCUT2D eigenvalue weighted by Crippen LogP contribution is -2.36. The Labute approximate surface area is 161 Å². The zero-order valence-corrected chi connectivity index (χ0v) is 15.8. The molecule has 4 nitrogen and oxygen atoms in total. The molecule has 1 amide bonds. The summed E-state index contributed by atoms with van der Waals surface area (Å²) in [7, 11) is 0. The van der Waals surface area contributed by atoms with E-state index in [4.69, 9.17) is 27.9 Å². The van der Waals surface area contributed by atoms with Crippen molar-refractivity contribution >= 4 is 40.2 Å². The molecule has 4 rings (SSSR count). The second kappa shape index (κ2) is 6.86. The molecule has 0 unspecified atom stereocenters. The normalized spacial score (nSPS) is 13.7. The zero-order valence-electron chi connectivity index (χ0n) is 14.3. The number of nitrogens with zero attached hydrogens (tertiary/aromatic N) is 2. The van der Waals surface area contributed by atoms with E-state index in [1.54, 1.807) is 4.90 Å². The number of halogens is 2. The Morgan fingerprint density at radius 3 is 2.58 bits per heavy atom. The van der Waals surface area contributed by atoms with E-state index in [1.807, 2.05) is 49.4 Å². The van der Waals surface area contributed by atoms with Gasteiger partial charge in [0.1, 0.15) is 0 Å². The summed E-state index contributed by atoms with van der Waals surface area (Å²) in [5.41, 5.74) is 4.45. The second-order valence-electron chi connectivity index (χ2n) is 6.27. The summed E-state index contributed by atoms with van der Waals surface area (Å²) >= 11 is 12.3. The molecule has 1 aliphatic rings. The first-order valence-corrected chi connectivity index (χ1v) is 9.33. The lowest BCUT2D eigenvalue weighted by atomic mass is 10.0. The largest absolute Gasteiger partial charge is 0.450 e. The van der Waals surface area contributed by atoms with Crippen molar-refractivity contribution < 1.29 is 9.53 Å². The number of amides is 1. The quantitative estimate of drug-likeness (QED) is 0.584. The number of benzene rings is 2. The topological polar surface area (TPSA) is 34.5 Å². The molecule has 0 radical (unpaired) electrons. The minimum atomic E-state index is -0.271. The summed E-state index contributed by atoms with van der Waals surface area (Å²) in [6, 6.07) is 13.7. The van der Waals surface area contributed by atoms with Crippen LogP contribution >= 0.6 is 23.2 Å². The molecule has 134 valence electrons. The fourth-order valence-electron chi connectivity index (χ4n) is 3.59. The summed E-state index contributed by atoms with van der Waals surface area (Å²) in [6.45, 7) is 3.34. The van der Waals surface area contributed by atoms with Crippen molar-refractivity contribution in [1.29, 1.82) is 0 Å². The van der Waals surface area contributed by atoms with Crippen molar-refractivity contribution in [3.8, 4) is 5.69 Å². The minimum absolute atomic E-state index is 0.271. The number of carbonyl (C=O) groups is 1. The summed E-state index contributed by atoms with van der Waals surface area (Å²) in [4.78, 5) is 13.9. The molecule has 0 fully saturated rings. The molecular weight excluding hydrogens is 371 g/mol. The molecule has 0 bridgehead atoms. The zero-order chi connectivity index (χ0) is 18.3. The summed E-state index contributed by atoms with van der Waals surface area (Å²) in [5, 5.41) is 2.45. The fraction of sp³-hybridized carbons (Fsp3) is 0.250. The molecule has 0 aliphatic carbocycles. The van der Waals surface area contributed by atoms with Crippen LogP contribution in [0.25, 0.3) is 16.6 Å². The third-order valence-electron chi connectivity index (χ3n) is 4.72. The van der Waals surface area contributed by atoms with Crippen LogP contribution in [-0.4, -0.2) is 28.7 Å². The van der Waals surface area contributed by atoms with Crippen LogP contribution < -0.4 is 0 Å². The molecule has 1 aromatic heterocycles. The predicted octanol–water partition coefficient (Wildman–Crippen LogP) is 5.45. The first-order chi connectivity index (χ1) is 12.6. The van der Waals surface area contributed by atoms with Gasteiger partial charge in [0, 0.05) is 45.3 Å². The van der Waals surface area contributed by atoms with Gasteiger partial charge in [-0.1, -0.05) is 23.2 Å². The maximum Gasteiger partial charge on any atom is 0.410 e. The van der Waals surface area contributed by atoms with E-state index in [0.29, 0.717) is 29.7 Å². The van der Waals surface area contributed by atoms with Gasteiger partial charge in [0.25, 0.3) is 0 Å². The molecular formula is C20H18Cl2N2O2. The van der Waals surface area contributed by atoms with E-state index >= 15 is 0 Å². The van der Waals surface area contributed by atoms with Crippen molar-refractivity contribution in [2.75, 3.05) is 13.2 Å². The van der Waals surface area contributed by atoms with E-state index in [1.165, 1.54) is 5.69 Å². The number of ether oxygens (including phenoxy) is 1. The average Bonchev–Trinajstić information content (AvgIpc) is 2.95. The predicted molar refractivity (Wildman–Crippen MR) is 104 cm³/mol. The molecule has 0 saturated heterocycles. The van der Waals surface area contributed by atoms with Gasteiger partial charge in [-0.15, -0.1) is 0 Å². The smallest absolute Gasteiger partial charge is 0.410 e. The molecule has 2 heterocycles. The van der Waals surface area contributed by atoms with Crippen molar-refractivity contribution in [2.45, 2.75) is 19.9 Å². The molecule has 2 aromatic carbocycles. The highest BCUT2D eigenvalue weighted by Gasteiger charge is 2.27. The Balaban J connectivity index is 1.87. The van der Waals surface area contributed by atoms with Crippen molar-refractivity contribution in [3.63, 3.8) is 0 Å². The Hall–Kier alpha value is -2.17. The first-order valence-electron chi connectivity index (χ1n) is 8.58. The first kappa shape index (κ1) is 17.3. The fourth-order valence-corrected chi connectivity index (χ4v) is 3.88. The number of hydrogen-bond acceptors (Lipinski definition) is 2. The van der Waals surface area contributed by atoms with Crippen LogP contribution in [0.5, 0.6) is 0 Å². The molecule has 3 aromatic rings. The van der Waals surface area contributed by atoms with Crippen LogP contribution in [0.15, 0.2) is 42.5 Å². The Morgan fingerprint density at radius 2 is 1.85 bits per heavy atom. The van der Waals surface area contributed by atoms with Crippen LogP contribution in [0.2, 0.25) is 10.0 Å². The highest BCUT2D eigenvalue weighted by Crippen LogP contribution is 2.35. The highest BCUT2D eigenvalue weighted by molar-refractivity contribution is 6.31. The van der Waals surface area contributed by atoms with Crippen LogP contribution in [0.3, 0.4) is 0 Å². The highest BCUT2D eigenvalue weighted by atomic mass is 35.5. The van der Waals surface area contributed by atoms with Gasteiger partial charge in [0.15, 0.2) is 0 Å². The van der Waals surface area contributed by atoms with E-state index in [-0.39, 0.29) is 6.09 Å². The lowest BCUT2D eigenvalue weighted by molar-refractivity contribution is 0.102. The number of hydrogen-bond donors (Lipinski definition) is 0. The standard InChI is InChI=1S/C20H18Cl2N2O2/c1-2-26-20(25)23-10-9-19-17(12-23)16-11-14(22)5-8-18(16)24(19)15-6-3-13(21)4-7-15/h3-8,11H,2,9-10,12H2,1H3. The molecule has 26 heavy (non-hydrogen) atoms. The van der Waals surface area contributed by atoms with Gasteiger partial charge < -0.3 is 14.2 Å². The number of aromatic nitrogens is 1. The van der Waals surface area contributed by atoms with Gasteiger partial charge in [0.2, 0.25) is 0 Å². The van der Waals surface area contributed by atoms with Gasteiger partial charge in [-0.3, -0.25) is 0 Å². The van der Waals surface area contributed by atoms with E-state index in [9.17, 15) is 4.79 Å². The number of carbonyl (C=O) groups excluding carboxylic acids is 1. The van der Waals surface area contributed by atoms with Crippen molar-refractivity contribution in [1.82, 2.24) is 9.47 Å². The Morgan fingerprint density at radius 1 is 1.12 bits per heavy atom. The van der Waals surface area contributed by atoms with Crippen molar-refractivity contribution in [2.24, 2.45) is 0 Å². The van der Waals surface area contributed by atoms with E-state index in [2.05, 4.69) is 4.57 Å². The Kier molecular flexibility index (Phi) is 4.55. The summed E-state index contributed by atoms with van der Waals surface area (Å²) in [5.74, 6) is 0. The van der Waals surface area contributed by atoms with Crippen LogP contribution in [0, 0.1) is 0 Å². The molecule has 0 atom stereocenters. The average molecular weight is 389 g/mol. The molecule has 1 aliphatic heterocycles. The van der Waals surface area contributed by atoms with Gasteiger partial charge in [-0.05, 0) is 49.4 Å². The monoisotopic (exact) mass is 388 g/mol. The lowest BCUT2D eigenvalue weighted by Gasteiger charge is -2.27. The minimum Gasteiger partial charge on any atom is -0.450 e. The Bertz CT molecular complexity index is 980. The van der Waals surface area contributed by atoms with Crippen LogP contribution in [0.4, 0.5) is 4.79 Å². The maximum atomic E-state index is 12.2. The molecule has 0 N–H and O–H groups in total. The SMILES string of the molecule is CCOC(=O)N1CCc2c(c3cc(Cl)ccc3n2-c2ccc(Cl)cc2)C1. The van der Waals surface area contributed by atoms with E-state index in [0.717, 1.165) is 28.6 Å². The van der Waals surface area contributed by atoms with Gasteiger partial charge in [-0.2, -0.15) is 0 Å².